The number of nitrogens with zero attached hydrogens (tertiary/aromatic N) is 1. The minimum Gasteiger partial charge on any atom is -0.456 e. The van der Waals surface area contributed by atoms with Crippen molar-refractivity contribution in [3.8, 4) is 11.1 Å². The Kier molecular flexibility index (Phi) is 5.17. The van der Waals surface area contributed by atoms with Gasteiger partial charge in [0.05, 0.1) is 5.69 Å². The molecule has 0 aliphatic carbocycles. The minimum atomic E-state index is 0.896. The van der Waals surface area contributed by atoms with Gasteiger partial charge in [-0.1, -0.05) is 109 Å². The second-order valence-corrected chi connectivity index (χ2v) is 10.2. The first-order valence-corrected chi connectivity index (χ1v) is 13.6. The van der Waals surface area contributed by atoms with Gasteiger partial charge in [-0.3, -0.25) is 0 Å². The lowest BCUT2D eigenvalue weighted by Crippen LogP contribution is -2.10. The van der Waals surface area contributed by atoms with Crippen LogP contribution in [0.5, 0.6) is 0 Å². The molecule has 0 atom stereocenters. The number of fused-ring (bicyclic) bond motifs is 5. The van der Waals surface area contributed by atoms with Crippen LogP contribution in [0.1, 0.15) is 0 Å². The van der Waals surface area contributed by atoms with Gasteiger partial charge in [0.2, 0.25) is 0 Å². The lowest BCUT2D eigenvalue weighted by Gasteiger charge is -2.27. The van der Waals surface area contributed by atoms with Crippen LogP contribution in [-0.4, -0.2) is 0 Å². The molecule has 1 aromatic heterocycles. The molecule has 0 bridgehead atoms. The fraction of sp³-hybridized carbons (Fsp3) is 0. The molecule has 0 aliphatic heterocycles. The van der Waals surface area contributed by atoms with Crippen LogP contribution in [0.3, 0.4) is 0 Å². The normalized spacial score (nSPS) is 11.5. The Morgan fingerprint density at radius 3 is 1.90 bits per heavy atom. The van der Waals surface area contributed by atoms with Crippen molar-refractivity contribution in [3.63, 3.8) is 0 Å². The van der Waals surface area contributed by atoms with Gasteiger partial charge in [-0.2, -0.15) is 0 Å². The van der Waals surface area contributed by atoms with Crippen molar-refractivity contribution in [3.05, 3.63) is 152 Å². The van der Waals surface area contributed by atoms with E-state index in [-0.39, 0.29) is 0 Å². The third-order valence-electron chi connectivity index (χ3n) is 7.83. The molecule has 2 heteroatoms. The van der Waals surface area contributed by atoms with Crippen LogP contribution >= 0.6 is 0 Å². The quantitative estimate of drug-likeness (QED) is 0.234. The van der Waals surface area contributed by atoms with E-state index < -0.39 is 0 Å². The first-order chi connectivity index (χ1) is 19.8. The summed E-state index contributed by atoms with van der Waals surface area (Å²) in [6.45, 7) is 0. The summed E-state index contributed by atoms with van der Waals surface area (Å²) in [5.41, 5.74) is 7.56. The smallest absolute Gasteiger partial charge is 0.135 e. The number of rotatable bonds is 4. The zero-order valence-electron chi connectivity index (χ0n) is 21.8. The highest BCUT2D eigenvalue weighted by Gasteiger charge is 2.18. The van der Waals surface area contributed by atoms with Crippen LogP contribution in [-0.2, 0) is 0 Å². The number of hydrogen-bond acceptors (Lipinski definition) is 2. The lowest BCUT2D eigenvalue weighted by atomic mass is 9.97. The van der Waals surface area contributed by atoms with Crippen LogP contribution in [0.2, 0.25) is 0 Å². The molecule has 1 heterocycles. The third-order valence-corrected chi connectivity index (χ3v) is 7.83. The Labute approximate surface area is 232 Å². The standard InChI is InChI=1S/C38H25NO/c1-3-16-31-26(10-1)12-8-19-32(31)28-14-7-15-29(24-28)39(36-20-9-13-27-11-2-4-17-33(27)36)30-22-23-38-35(25-30)34-18-5-6-21-37(34)40-38/h1-25H. The van der Waals surface area contributed by atoms with Crippen LogP contribution in [0.25, 0.3) is 54.6 Å². The Morgan fingerprint density at radius 2 is 1.02 bits per heavy atom. The van der Waals surface area contributed by atoms with Crippen LogP contribution in [0, 0.1) is 0 Å². The predicted octanol–water partition coefficient (Wildman–Crippen LogP) is 11.0. The molecule has 0 amide bonds. The molecular weight excluding hydrogens is 486 g/mol. The van der Waals surface area contributed by atoms with Gasteiger partial charge in [0.1, 0.15) is 11.2 Å². The van der Waals surface area contributed by atoms with Crippen molar-refractivity contribution in [2.24, 2.45) is 0 Å². The van der Waals surface area contributed by atoms with Crippen molar-refractivity contribution < 1.29 is 4.42 Å². The summed E-state index contributed by atoms with van der Waals surface area (Å²) in [6.07, 6.45) is 0. The lowest BCUT2D eigenvalue weighted by molar-refractivity contribution is 0.669. The second-order valence-electron chi connectivity index (χ2n) is 10.2. The SMILES string of the molecule is c1cc(-c2cccc3ccccc23)cc(N(c2ccc3oc4ccccc4c3c2)c2cccc3ccccc23)c1. The fourth-order valence-corrected chi connectivity index (χ4v) is 5.97. The van der Waals surface area contributed by atoms with E-state index in [0.29, 0.717) is 0 Å². The molecule has 0 fully saturated rings. The van der Waals surface area contributed by atoms with E-state index in [2.05, 4.69) is 144 Å². The Hall–Kier alpha value is -5.34. The van der Waals surface area contributed by atoms with Crippen LogP contribution < -0.4 is 4.90 Å². The average Bonchev–Trinajstić information content (AvgIpc) is 3.39. The summed E-state index contributed by atoms with van der Waals surface area (Å²) in [5.74, 6) is 0. The molecule has 0 saturated carbocycles. The van der Waals surface area contributed by atoms with Gasteiger partial charge in [-0.25, -0.2) is 0 Å². The number of hydrogen-bond donors (Lipinski definition) is 0. The highest BCUT2D eigenvalue weighted by molar-refractivity contribution is 6.07. The zero-order valence-corrected chi connectivity index (χ0v) is 21.8. The Morgan fingerprint density at radius 1 is 0.400 bits per heavy atom. The van der Waals surface area contributed by atoms with Gasteiger partial charge >= 0.3 is 0 Å². The molecule has 8 rings (SSSR count). The topological polar surface area (TPSA) is 16.4 Å². The summed E-state index contributed by atoms with van der Waals surface area (Å²) in [5, 5.41) is 7.16. The second kappa shape index (κ2) is 9.14. The summed E-state index contributed by atoms with van der Waals surface area (Å²) in [6, 6.07) is 53.9. The molecule has 0 unspecified atom stereocenters. The van der Waals surface area contributed by atoms with E-state index in [0.717, 1.165) is 39.0 Å². The van der Waals surface area contributed by atoms with E-state index >= 15 is 0 Å². The monoisotopic (exact) mass is 511 g/mol. The highest BCUT2D eigenvalue weighted by atomic mass is 16.3. The minimum absolute atomic E-state index is 0.896. The summed E-state index contributed by atoms with van der Waals surface area (Å²) in [7, 11) is 0. The van der Waals surface area contributed by atoms with Crippen molar-refractivity contribution >= 4 is 60.5 Å². The van der Waals surface area contributed by atoms with Crippen molar-refractivity contribution in [2.75, 3.05) is 4.90 Å². The maximum atomic E-state index is 6.17. The van der Waals surface area contributed by atoms with Gasteiger partial charge in [0.15, 0.2) is 0 Å². The summed E-state index contributed by atoms with van der Waals surface area (Å²) >= 11 is 0. The predicted molar refractivity (Wildman–Crippen MR) is 169 cm³/mol. The van der Waals surface area contributed by atoms with Gasteiger partial charge < -0.3 is 9.32 Å². The van der Waals surface area contributed by atoms with Gasteiger partial charge in [-0.15, -0.1) is 0 Å². The Balaban J connectivity index is 1.38. The molecule has 0 radical (unpaired) electrons. The number of para-hydroxylation sites is 1. The number of furan rings is 1. The average molecular weight is 512 g/mol. The molecule has 0 spiro atoms. The zero-order chi connectivity index (χ0) is 26.5. The van der Waals surface area contributed by atoms with Crippen molar-refractivity contribution in [1.29, 1.82) is 0 Å². The van der Waals surface area contributed by atoms with Crippen molar-refractivity contribution in [2.45, 2.75) is 0 Å². The van der Waals surface area contributed by atoms with E-state index in [9.17, 15) is 0 Å². The van der Waals surface area contributed by atoms with E-state index in [1.54, 1.807) is 0 Å². The molecular formula is C38H25NO. The molecule has 0 N–H and O–H groups in total. The van der Waals surface area contributed by atoms with Gasteiger partial charge in [0.25, 0.3) is 0 Å². The van der Waals surface area contributed by atoms with Gasteiger partial charge in [0, 0.05) is 27.5 Å². The molecule has 2 nitrogen and oxygen atoms in total. The highest BCUT2D eigenvalue weighted by Crippen LogP contribution is 2.42. The van der Waals surface area contributed by atoms with E-state index in [4.69, 9.17) is 4.42 Å². The molecule has 7 aromatic carbocycles. The van der Waals surface area contributed by atoms with Crippen molar-refractivity contribution in [1.82, 2.24) is 0 Å². The maximum Gasteiger partial charge on any atom is 0.135 e. The fourth-order valence-electron chi connectivity index (χ4n) is 5.97. The first-order valence-electron chi connectivity index (χ1n) is 13.6. The molecule has 8 aromatic rings. The van der Waals surface area contributed by atoms with E-state index in [1.165, 1.54) is 32.7 Å². The molecule has 40 heavy (non-hydrogen) atoms. The first kappa shape index (κ1) is 22.6. The molecule has 0 saturated heterocycles. The van der Waals surface area contributed by atoms with Gasteiger partial charge in [-0.05, 0) is 69.8 Å². The summed E-state index contributed by atoms with van der Waals surface area (Å²) < 4.78 is 6.17. The maximum absolute atomic E-state index is 6.17. The van der Waals surface area contributed by atoms with Crippen LogP contribution in [0.15, 0.2) is 156 Å². The molecule has 0 aliphatic rings. The number of benzene rings is 7. The number of anilines is 3. The summed E-state index contributed by atoms with van der Waals surface area (Å²) in [4.78, 5) is 2.37. The third kappa shape index (κ3) is 3.65. The largest absolute Gasteiger partial charge is 0.456 e. The van der Waals surface area contributed by atoms with Crippen LogP contribution in [0.4, 0.5) is 17.1 Å². The Bertz CT molecular complexity index is 2180. The molecule has 188 valence electrons. The van der Waals surface area contributed by atoms with E-state index in [1.807, 2.05) is 12.1 Å².